The number of amides is 1. The molecular formula is C16H18N4O. The monoisotopic (exact) mass is 282 g/mol. The summed E-state index contributed by atoms with van der Waals surface area (Å²) < 4.78 is 0. The molecule has 5 nitrogen and oxygen atoms in total. The fourth-order valence-corrected chi connectivity index (χ4v) is 2.72. The number of nitriles is 2. The Morgan fingerprint density at radius 1 is 1.43 bits per heavy atom. The van der Waals surface area contributed by atoms with E-state index in [9.17, 15) is 10.1 Å². The molecule has 2 rings (SSSR count). The van der Waals surface area contributed by atoms with Gasteiger partial charge in [0.25, 0.3) is 5.91 Å². The second-order valence-corrected chi connectivity index (χ2v) is 5.54. The molecule has 0 aromatic carbocycles. The third kappa shape index (κ3) is 3.38. The standard InChI is InChI=1S/C16H18N4O/c1-2-12-5-7-16(11-18,8-6-12)20-15(21)14-4-3-13(9-17)10-19-14/h3-4,10,12H,2,5-8H2,1H3,(H,20,21). The van der Waals surface area contributed by atoms with Crippen LogP contribution in [-0.2, 0) is 0 Å². The lowest BCUT2D eigenvalue weighted by Crippen LogP contribution is -2.49. The van der Waals surface area contributed by atoms with Gasteiger partial charge in [0.05, 0.1) is 11.6 Å². The fourth-order valence-electron chi connectivity index (χ4n) is 2.72. The molecule has 1 aromatic rings. The summed E-state index contributed by atoms with van der Waals surface area (Å²) in [7, 11) is 0. The molecule has 1 N–H and O–H groups in total. The van der Waals surface area contributed by atoms with Gasteiger partial charge in [-0.2, -0.15) is 10.5 Å². The highest BCUT2D eigenvalue weighted by molar-refractivity contribution is 5.93. The molecule has 1 aliphatic carbocycles. The second-order valence-electron chi connectivity index (χ2n) is 5.54. The summed E-state index contributed by atoms with van der Waals surface area (Å²) in [6, 6.07) is 7.29. The van der Waals surface area contributed by atoms with Crippen LogP contribution >= 0.6 is 0 Å². The molecule has 1 heterocycles. The van der Waals surface area contributed by atoms with Crippen LogP contribution in [0.3, 0.4) is 0 Å². The maximum atomic E-state index is 12.2. The van der Waals surface area contributed by atoms with Gasteiger partial charge in [-0.25, -0.2) is 4.98 Å². The molecule has 5 heteroatoms. The first-order valence-corrected chi connectivity index (χ1v) is 7.22. The van der Waals surface area contributed by atoms with Crippen LogP contribution in [0.1, 0.15) is 55.1 Å². The van der Waals surface area contributed by atoms with Crippen molar-refractivity contribution < 1.29 is 4.79 Å². The zero-order chi connectivity index (χ0) is 15.3. The van der Waals surface area contributed by atoms with Crippen LogP contribution < -0.4 is 5.32 Å². The van der Waals surface area contributed by atoms with Crippen LogP contribution in [0.15, 0.2) is 18.3 Å². The zero-order valence-electron chi connectivity index (χ0n) is 12.1. The van der Waals surface area contributed by atoms with Crippen LogP contribution in [0.4, 0.5) is 0 Å². The SMILES string of the molecule is CCC1CCC(C#N)(NC(=O)c2ccc(C#N)cn2)CC1. The van der Waals surface area contributed by atoms with Crippen LogP contribution in [-0.4, -0.2) is 16.4 Å². The fraction of sp³-hybridized carbons (Fsp3) is 0.500. The first-order chi connectivity index (χ1) is 10.1. The first kappa shape index (κ1) is 15.0. The zero-order valence-corrected chi connectivity index (χ0v) is 12.1. The normalized spacial score (nSPS) is 24.6. The Kier molecular flexibility index (Phi) is 4.55. The van der Waals surface area contributed by atoms with Crippen molar-refractivity contribution in [2.24, 2.45) is 5.92 Å². The number of carbonyl (C=O) groups is 1. The summed E-state index contributed by atoms with van der Waals surface area (Å²) >= 11 is 0. The summed E-state index contributed by atoms with van der Waals surface area (Å²) in [6.45, 7) is 2.16. The molecule has 1 aliphatic rings. The molecule has 0 radical (unpaired) electrons. The van der Waals surface area contributed by atoms with Gasteiger partial charge in [0, 0.05) is 6.20 Å². The Balaban J connectivity index is 2.06. The minimum Gasteiger partial charge on any atom is -0.332 e. The van der Waals surface area contributed by atoms with Gasteiger partial charge < -0.3 is 5.32 Å². The van der Waals surface area contributed by atoms with Gasteiger partial charge in [-0.1, -0.05) is 13.3 Å². The van der Waals surface area contributed by atoms with Gasteiger partial charge in [-0.15, -0.1) is 0 Å². The molecule has 1 fully saturated rings. The van der Waals surface area contributed by atoms with Crippen molar-refractivity contribution in [2.45, 2.75) is 44.6 Å². The Hall–Kier alpha value is -2.40. The summed E-state index contributed by atoms with van der Waals surface area (Å²) in [6.07, 6.45) is 5.78. The van der Waals surface area contributed by atoms with E-state index in [-0.39, 0.29) is 11.6 Å². The molecule has 0 saturated heterocycles. The molecule has 1 saturated carbocycles. The summed E-state index contributed by atoms with van der Waals surface area (Å²) in [4.78, 5) is 16.2. The molecular weight excluding hydrogens is 264 g/mol. The molecule has 21 heavy (non-hydrogen) atoms. The highest BCUT2D eigenvalue weighted by atomic mass is 16.2. The number of nitrogens with zero attached hydrogens (tertiary/aromatic N) is 3. The highest BCUT2D eigenvalue weighted by Gasteiger charge is 2.36. The van der Waals surface area contributed by atoms with Gasteiger partial charge in [0.1, 0.15) is 17.3 Å². The molecule has 0 unspecified atom stereocenters. The van der Waals surface area contributed by atoms with E-state index in [1.54, 1.807) is 6.07 Å². The van der Waals surface area contributed by atoms with Crippen molar-refractivity contribution in [3.05, 3.63) is 29.6 Å². The topological polar surface area (TPSA) is 89.6 Å². The molecule has 1 amide bonds. The lowest BCUT2D eigenvalue weighted by Gasteiger charge is -2.35. The van der Waals surface area contributed by atoms with E-state index in [0.29, 0.717) is 24.3 Å². The number of nitrogens with one attached hydrogen (secondary N) is 1. The average molecular weight is 282 g/mol. The number of pyridine rings is 1. The minimum absolute atomic E-state index is 0.237. The van der Waals surface area contributed by atoms with E-state index >= 15 is 0 Å². The maximum absolute atomic E-state index is 12.2. The number of rotatable bonds is 3. The summed E-state index contributed by atoms with van der Waals surface area (Å²) in [5.74, 6) is 0.299. The molecule has 0 spiro atoms. The number of aromatic nitrogens is 1. The lowest BCUT2D eigenvalue weighted by molar-refractivity contribution is 0.0886. The predicted molar refractivity (Wildman–Crippen MR) is 77.0 cm³/mol. The largest absolute Gasteiger partial charge is 0.332 e. The second kappa shape index (κ2) is 6.37. The third-order valence-corrected chi connectivity index (χ3v) is 4.23. The Labute approximate surface area is 124 Å². The van der Waals surface area contributed by atoms with Gasteiger partial charge in [-0.05, 0) is 43.7 Å². The van der Waals surface area contributed by atoms with Crippen molar-refractivity contribution in [3.8, 4) is 12.1 Å². The first-order valence-electron chi connectivity index (χ1n) is 7.22. The van der Waals surface area contributed by atoms with Crippen LogP contribution in [0, 0.1) is 28.6 Å². The third-order valence-electron chi connectivity index (χ3n) is 4.23. The smallest absolute Gasteiger partial charge is 0.271 e. The number of hydrogen-bond acceptors (Lipinski definition) is 4. The minimum atomic E-state index is -0.779. The highest BCUT2D eigenvalue weighted by Crippen LogP contribution is 2.33. The molecule has 0 aliphatic heterocycles. The van der Waals surface area contributed by atoms with Crippen molar-refractivity contribution >= 4 is 5.91 Å². The van der Waals surface area contributed by atoms with Crippen LogP contribution in [0.2, 0.25) is 0 Å². The summed E-state index contributed by atoms with van der Waals surface area (Å²) in [5.41, 5.74) is -0.135. The van der Waals surface area contributed by atoms with Gasteiger partial charge >= 0.3 is 0 Å². The van der Waals surface area contributed by atoms with Crippen LogP contribution in [0.25, 0.3) is 0 Å². The number of carbonyl (C=O) groups excluding carboxylic acids is 1. The Morgan fingerprint density at radius 2 is 2.14 bits per heavy atom. The molecule has 1 aromatic heterocycles. The van der Waals surface area contributed by atoms with E-state index < -0.39 is 5.54 Å². The van der Waals surface area contributed by atoms with Gasteiger partial charge in [-0.3, -0.25) is 4.79 Å². The average Bonchev–Trinajstić information content (AvgIpc) is 2.55. The lowest BCUT2D eigenvalue weighted by atomic mass is 9.76. The van der Waals surface area contributed by atoms with Gasteiger partial charge in [0.15, 0.2) is 0 Å². The Bertz CT molecular complexity index is 586. The Morgan fingerprint density at radius 3 is 2.62 bits per heavy atom. The van der Waals surface area contributed by atoms with Crippen molar-refractivity contribution in [1.29, 1.82) is 10.5 Å². The molecule has 0 bridgehead atoms. The van der Waals surface area contributed by atoms with E-state index in [2.05, 4.69) is 23.3 Å². The van der Waals surface area contributed by atoms with Crippen LogP contribution in [0.5, 0.6) is 0 Å². The number of hydrogen-bond donors (Lipinski definition) is 1. The van der Waals surface area contributed by atoms with E-state index in [4.69, 9.17) is 5.26 Å². The quantitative estimate of drug-likeness (QED) is 0.922. The van der Waals surface area contributed by atoms with E-state index in [1.807, 2.05) is 6.07 Å². The molecule has 0 atom stereocenters. The molecule has 108 valence electrons. The maximum Gasteiger partial charge on any atom is 0.271 e. The summed E-state index contributed by atoms with van der Waals surface area (Å²) in [5, 5.41) is 21.0. The van der Waals surface area contributed by atoms with E-state index in [1.165, 1.54) is 12.3 Å². The predicted octanol–water partition coefficient (Wildman–Crippen LogP) is 2.55. The van der Waals surface area contributed by atoms with Crippen molar-refractivity contribution in [3.63, 3.8) is 0 Å². The van der Waals surface area contributed by atoms with E-state index in [0.717, 1.165) is 19.3 Å². The van der Waals surface area contributed by atoms with Gasteiger partial charge in [0.2, 0.25) is 0 Å². The van der Waals surface area contributed by atoms with Crippen molar-refractivity contribution in [1.82, 2.24) is 10.3 Å². The van der Waals surface area contributed by atoms with Crippen molar-refractivity contribution in [2.75, 3.05) is 0 Å².